The average Bonchev–Trinajstić information content (AvgIpc) is 2.72. The minimum atomic E-state index is -0.500. The fraction of sp³-hybridized carbons (Fsp3) is 0.391. The Morgan fingerprint density at radius 2 is 2.00 bits per heavy atom. The molecule has 2 aromatic rings. The van der Waals surface area contributed by atoms with E-state index in [-0.39, 0.29) is 23.2 Å². The van der Waals surface area contributed by atoms with Crippen LogP contribution in [-0.2, 0) is 12.0 Å². The molecule has 2 heterocycles. The van der Waals surface area contributed by atoms with Crippen molar-refractivity contribution in [2.75, 3.05) is 18.4 Å². The Morgan fingerprint density at radius 1 is 1.17 bits per heavy atom. The van der Waals surface area contributed by atoms with Crippen molar-refractivity contribution in [1.29, 1.82) is 0 Å². The highest BCUT2D eigenvalue weighted by Crippen LogP contribution is 2.53. The molecule has 3 amide bonds. The molecule has 0 spiro atoms. The Morgan fingerprint density at radius 3 is 2.79 bits per heavy atom. The topological polar surface area (TPSA) is 61.4 Å². The van der Waals surface area contributed by atoms with E-state index in [2.05, 4.69) is 22.8 Å². The Kier molecular flexibility index (Phi) is 4.30. The summed E-state index contributed by atoms with van der Waals surface area (Å²) in [6, 6.07) is 13.0. The Bertz CT molecular complexity index is 978. The van der Waals surface area contributed by atoms with Gasteiger partial charge in [-0.3, -0.25) is 4.79 Å². The van der Waals surface area contributed by atoms with E-state index in [9.17, 15) is 9.59 Å². The molecule has 29 heavy (non-hydrogen) atoms. The molecule has 2 unspecified atom stereocenters. The van der Waals surface area contributed by atoms with Gasteiger partial charge in [-0.15, -0.1) is 0 Å². The first-order valence-corrected chi connectivity index (χ1v) is 10.3. The van der Waals surface area contributed by atoms with Gasteiger partial charge in [0.2, 0.25) is 0 Å². The Balaban J connectivity index is 1.43. The molecule has 0 bridgehead atoms. The van der Waals surface area contributed by atoms with E-state index in [0.717, 1.165) is 24.8 Å². The van der Waals surface area contributed by atoms with Crippen LogP contribution in [0.1, 0.15) is 47.2 Å². The maximum absolute atomic E-state index is 15.0. The maximum Gasteiger partial charge on any atom is 0.322 e. The van der Waals surface area contributed by atoms with Gasteiger partial charge in [-0.2, -0.15) is 0 Å². The molecule has 6 heteroatoms. The van der Waals surface area contributed by atoms with Gasteiger partial charge in [0.25, 0.3) is 5.91 Å². The second kappa shape index (κ2) is 6.87. The number of anilines is 1. The summed E-state index contributed by atoms with van der Waals surface area (Å²) in [7, 11) is 0. The monoisotopic (exact) mass is 393 g/mol. The van der Waals surface area contributed by atoms with Crippen molar-refractivity contribution in [2.45, 2.75) is 37.6 Å². The van der Waals surface area contributed by atoms with E-state index in [4.69, 9.17) is 0 Å². The third-order valence-electron chi connectivity index (χ3n) is 6.83. The van der Waals surface area contributed by atoms with Crippen molar-refractivity contribution >= 4 is 17.6 Å². The number of nitrogens with zero attached hydrogens (tertiary/aromatic N) is 1. The number of carbonyl (C=O) groups excluding carboxylic acids is 2. The molecule has 1 saturated heterocycles. The number of carbonyl (C=O) groups is 2. The maximum atomic E-state index is 15.0. The van der Waals surface area contributed by atoms with Gasteiger partial charge in [0.05, 0.1) is 11.2 Å². The number of halogens is 1. The molecule has 2 fully saturated rings. The molecule has 1 aliphatic carbocycles. The minimum absolute atomic E-state index is 0.144. The zero-order valence-electron chi connectivity index (χ0n) is 16.2. The average molecular weight is 393 g/mol. The first-order chi connectivity index (χ1) is 14.1. The van der Waals surface area contributed by atoms with E-state index >= 15 is 4.39 Å². The van der Waals surface area contributed by atoms with E-state index in [0.29, 0.717) is 36.6 Å². The summed E-state index contributed by atoms with van der Waals surface area (Å²) in [5.74, 6) is -0.319. The highest BCUT2D eigenvalue weighted by molar-refractivity contribution is 5.98. The van der Waals surface area contributed by atoms with Crippen molar-refractivity contribution < 1.29 is 14.0 Å². The summed E-state index contributed by atoms with van der Waals surface area (Å²) in [5, 5.41) is 5.50. The van der Waals surface area contributed by atoms with E-state index in [1.165, 1.54) is 12.5 Å². The number of amides is 3. The van der Waals surface area contributed by atoms with Gasteiger partial charge in [-0.25, -0.2) is 9.18 Å². The molecule has 2 aromatic carbocycles. The number of benzene rings is 2. The van der Waals surface area contributed by atoms with Crippen LogP contribution in [0, 0.1) is 11.7 Å². The zero-order chi connectivity index (χ0) is 20.0. The van der Waals surface area contributed by atoms with Crippen LogP contribution in [0.5, 0.6) is 0 Å². The second-order valence-corrected chi connectivity index (χ2v) is 8.23. The quantitative estimate of drug-likeness (QED) is 0.809. The van der Waals surface area contributed by atoms with Crippen molar-refractivity contribution in [3.05, 3.63) is 65.0 Å². The Hall–Kier alpha value is -2.89. The van der Waals surface area contributed by atoms with Crippen LogP contribution in [0.3, 0.4) is 0 Å². The van der Waals surface area contributed by atoms with Gasteiger partial charge in [0, 0.05) is 30.1 Å². The van der Waals surface area contributed by atoms with E-state index in [1.54, 1.807) is 6.07 Å². The lowest BCUT2D eigenvalue weighted by Crippen LogP contribution is -2.68. The largest absolute Gasteiger partial charge is 0.352 e. The molecular formula is C23H24FN3O2. The highest BCUT2D eigenvalue weighted by Gasteiger charge is 2.57. The van der Waals surface area contributed by atoms with Crippen molar-refractivity contribution in [1.82, 2.24) is 10.2 Å². The van der Waals surface area contributed by atoms with Gasteiger partial charge >= 0.3 is 6.03 Å². The van der Waals surface area contributed by atoms with Crippen molar-refractivity contribution in [2.24, 2.45) is 5.92 Å². The summed E-state index contributed by atoms with van der Waals surface area (Å²) >= 11 is 0. The second-order valence-electron chi connectivity index (χ2n) is 8.23. The SMILES string of the molecule is O=C1NCCc2c1ccc(NC(=O)N1CC3CCCCC31c1ccccc1)c2F. The normalized spacial score (nSPS) is 25.3. The molecule has 0 aromatic heterocycles. The van der Waals surface area contributed by atoms with Crippen molar-refractivity contribution in [3.63, 3.8) is 0 Å². The van der Waals surface area contributed by atoms with Gasteiger partial charge < -0.3 is 15.5 Å². The van der Waals surface area contributed by atoms with Crippen LogP contribution in [0.4, 0.5) is 14.9 Å². The van der Waals surface area contributed by atoms with Crippen molar-refractivity contribution in [3.8, 4) is 0 Å². The predicted octanol–water partition coefficient (Wildman–Crippen LogP) is 4.04. The number of hydrogen-bond donors (Lipinski definition) is 2. The lowest BCUT2D eigenvalue weighted by atomic mass is 9.62. The summed E-state index contributed by atoms with van der Waals surface area (Å²) in [4.78, 5) is 27.0. The molecule has 1 saturated carbocycles. The number of urea groups is 1. The highest BCUT2D eigenvalue weighted by atomic mass is 19.1. The summed E-state index contributed by atoms with van der Waals surface area (Å²) < 4.78 is 15.0. The third-order valence-corrected chi connectivity index (χ3v) is 6.83. The molecule has 2 aliphatic heterocycles. The first kappa shape index (κ1) is 18.2. The van der Waals surface area contributed by atoms with Gasteiger partial charge in [0.1, 0.15) is 0 Å². The number of nitrogens with one attached hydrogen (secondary N) is 2. The first-order valence-electron chi connectivity index (χ1n) is 10.3. The number of hydrogen-bond acceptors (Lipinski definition) is 2. The molecular weight excluding hydrogens is 369 g/mol. The molecule has 5 rings (SSSR count). The number of rotatable bonds is 2. The molecule has 0 radical (unpaired) electrons. The molecule has 2 N–H and O–H groups in total. The zero-order valence-corrected chi connectivity index (χ0v) is 16.2. The van der Waals surface area contributed by atoms with Crippen LogP contribution in [-0.4, -0.2) is 29.9 Å². The molecule has 5 nitrogen and oxygen atoms in total. The van der Waals surface area contributed by atoms with E-state index < -0.39 is 5.82 Å². The summed E-state index contributed by atoms with van der Waals surface area (Å²) in [5.41, 5.74) is 1.74. The van der Waals surface area contributed by atoms with Gasteiger partial charge in [0.15, 0.2) is 5.82 Å². The van der Waals surface area contributed by atoms with Crippen LogP contribution in [0.25, 0.3) is 0 Å². The lowest BCUT2D eigenvalue weighted by Gasteiger charge is -2.61. The van der Waals surface area contributed by atoms with Crippen LogP contribution in [0.15, 0.2) is 42.5 Å². The fourth-order valence-electron chi connectivity index (χ4n) is 5.38. The summed E-state index contributed by atoms with van der Waals surface area (Å²) in [6.45, 7) is 1.10. The Labute approximate surface area is 169 Å². The third kappa shape index (κ3) is 2.73. The molecule has 150 valence electrons. The summed E-state index contributed by atoms with van der Waals surface area (Å²) in [6.07, 6.45) is 4.74. The van der Waals surface area contributed by atoms with E-state index in [1.807, 2.05) is 23.1 Å². The molecule has 3 aliphatic rings. The standard InChI is InChI=1S/C23H24FN3O2/c24-20-17-11-13-25-21(28)18(17)9-10-19(20)26-22(29)27-14-16-8-4-5-12-23(16,27)15-6-2-1-3-7-15/h1-3,6-7,9-10,16H,4-5,8,11-14H2,(H,25,28)(H,26,29). The smallest absolute Gasteiger partial charge is 0.322 e. The molecule has 2 atom stereocenters. The van der Waals surface area contributed by atoms with Gasteiger partial charge in [-0.05, 0) is 37.0 Å². The minimum Gasteiger partial charge on any atom is -0.352 e. The number of fused-ring (bicyclic) bond motifs is 2. The van der Waals surface area contributed by atoms with Crippen LogP contribution < -0.4 is 10.6 Å². The lowest BCUT2D eigenvalue weighted by molar-refractivity contribution is -0.0756. The van der Waals surface area contributed by atoms with Crippen LogP contribution in [0.2, 0.25) is 0 Å². The number of likely N-dealkylation sites (tertiary alicyclic amines) is 1. The fourth-order valence-corrected chi connectivity index (χ4v) is 5.38. The van der Waals surface area contributed by atoms with Crippen LogP contribution >= 0.6 is 0 Å². The predicted molar refractivity (Wildman–Crippen MR) is 108 cm³/mol. The van der Waals surface area contributed by atoms with Gasteiger partial charge in [-0.1, -0.05) is 43.2 Å².